The van der Waals surface area contributed by atoms with E-state index in [1.54, 1.807) is 17.1 Å². The number of nitrogens with one attached hydrogen (secondary N) is 1. The van der Waals surface area contributed by atoms with E-state index in [4.69, 9.17) is 5.11 Å². The van der Waals surface area contributed by atoms with E-state index in [-0.39, 0.29) is 5.92 Å². The lowest BCUT2D eigenvalue weighted by molar-refractivity contribution is -0.144. The van der Waals surface area contributed by atoms with E-state index < -0.39 is 11.6 Å². The molecule has 0 bridgehead atoms. The van der Waals surface area contributed by atoms with Crippen molar-refractivity contribution in [1.29, 1.82) is 0 Å². The molecular weight excluding hydrogens is 248 g/mol. The molecule has 2 rings (SSSR count). The molecule has 0 aromatic carbocycles. The number of aliphatic hydroxyl groups is 1. The van der Waals surface area contributed by atoms with Crippen molar-refractivity contribution in [2.45, 2.75) is 37.8 Å². The Morgan fingerprint density at radius 2 is 2.21 bits per heavy atom. The quantitative estimate of drug-likeness (QED) is 0.622. The van der Waals surface area contributed by atoms with Gasteiger partial charge >= 0.3 is 5.97 Å². The first kappa shape index (κ1) is 14.0. The Morgan fingerprint density at radius 3 is 2.79 bits per heavy atom. The highest BCUT2D eigenvalue weighted by molar-refractivity contribution is 5.70. The predicted molar refractivity (Wildman–Crippen MR) is 67.4 cm³/mol. The number of aliphatic carboxylic acids is 1. The summed E-state index contributed by atoms with van der Waals surface area (Å²) in [6, 6.07) is 0. The van der Waals surface area contributed by atoms with Crippen LogP contribution in [0.3, 0.4) is 0 Å². The fourth-order valence-corrected chi connectivity index (χ4v) is 2.45. The van der Waals surface area contributed by atoms with Crippen molar-refractivity contribution in [3.05, 3.63) is 12.4 Å². The van der Waals surface area contributed by atoms with Gasteiger partial charge in [-0.1, -0.05) is 5.21 Å². The first-order valence-electron chi connectivity index (χ1n) is 6.59. The maximum Gasteiger partial charge on any atom is 0.306 e. The molecule has 1 aromatic rings. The molecule has 1 aliphatic rings. The van der Waals surface area contributed by atoms with Gasteiger partial charge in [0.15, 0.2) is 0 Å². The van der Waals surface area contributed by atoms with Gasteiger partial charge in [0.25, 0.3) is 0 Å². The van der Waals surface area contributed by atoms with Crippen molar-refractivity contribution >= 4 is 5.97 Å². The predicted octanol–water partition coefficient (Wildman–Crippen LogP) is -0.126. The van der Waals surface area contributed by atoms with Crippen molar-refractivity contribution < 1.29 is 15.0 Å². The number of carboxylic acids is 1. The Bertz CT molecular complexity index is 399. The lowest BCUT2D eigenvalue weighted by Crippen LogP contribution is -2.45. The fraction of sp³-hybridized carbons (Fsp3) is 0.750. The molecular formula is C12H20N4O3. The molecule has 1 aliphatic carbocycles. The van der Waals surface area contributed by atoms with E-state index in [0.29, 0.717) is 45.3 Å². The molecule has 1 saturated carbocycles. The standard InChI is InChI=1S/C12H20N4O3/c17-11(18)10-1-3-12(19,4-2-10)9-13-5-7-16-8-6-14-15-16/h6,8,10,13,19H,1-5,7,9H2,(H,17,18). The van der Waals surface area contributed by atoms with E-state index in [1.807, 2.05) is 0 Å². The largest absolute Gasteiger partial charge is 0.481 e. The minimum Gasteiger partial charge on any atom is -0.481 e. The van der Waals surface area contributed by atoms with Gasteiger partial charge in [-0.3, -0.25) is 9.48 Å². The van der Waals surface area contributed by atoms with E-state index in [1.165, 1.54) is 0 Å². The molecule has 3 N–H and O–H groups in total. The smallest absolute Gasteiger partial charge is 0.306 e. The summed E-state index contributed by atoms with van der Waals surface area (Å²) in [6.07, 6.45) is 5.60. The van der Waals surface area contributed by atoms with E-state index in [9.17, 15) is 9.90 Å². The van der Waals surface area contributed by atoms with Gasteiger partial charge in [-0.15, -0.1) is 5.10 Å². The van der Waals surface area contributed by atoms with Crippen molar-refractivity contribution in [3.63, 3.8) is 0 Å². The van der Waals surface area contributed by atoms with Gasteiger partial charge in [0.05, 0.1) is 24.3 Å². The van der Waals surface area contributed by atoms with Gasteiger partial charge in [0.1, 0.15) is 0 Å². The second kappa shape index (κ2) is 6.12. The molecule has 1 fully saturated rings. The first-order chi connectivity index (χ1) is 9.09. The zero-order valence-electron chi connectivity index (χ0n) is 10.8. The SMILES string of the molecule is O=C(O)C1CCC(O)(CNCCn2ccnn2)CC1. The summed E-state index contributed by atoms with van der Waals surface area (Å²) < 4.78 is 1.72. The van der Waals surface area contributed by atoms with Crippen molar-refractivity contribution in [1.82, 2.24) is 20.3 Å². The number of nitrogens with zero attached hydrogens (tertiary/aromatic N) is 3. The van der Waals surface area contributed by atoms with Crippen molar-refractivity contribution in [2.75, 3.05) is 13.1 Å². The van der Waals surface area contributed by atoms with Crippen molar-refractivity contribution in [3.8, 4) is 0 Å². The van der Waals surface area contributed by atoms with Gasteiger partial charge in [-0.05, 0) is 25.7 Å². The Labute approximate surface area is 111 Å². The molecule has 0 amide bonds. The lowest BCUT2D eigenvalue weighted by atomic mass is 9.79. The van der Waals surface area contributed by atoms with Crippen LogP contribution in [0.2, 0.25) is 0 Å². The van der Waals surface area contributed by atoms with Gasteiger partial charge in [-0.2, -0.15) is 0 Å². The molecule has 0 aliphatic heterocycles. The molecule has 0 saturated heterocycles. The number of aromatic nitrogens is 3. The number of rotatable bonds is 6. The second-order valence-electron chi connectivity index (χ2n) is 5.18. The highest BCUT2D eigenvalue weighted by Crippen LogP contribution is 2.31. The molecule has 1 heterocycles. The Balaban J connectivity index is 1.66. The van der Waals surface area contributed by atoms with Crippen molar-refractivity contribution in [2.24, 2.45) is 5.92 Å². The zero-order chi connectivity index (χ0) is 13.7. The molecule has 7 nitrogen and oxygen atoms in total. The van der Waals surface area contributed by atoms with Crippen LogP contribution in [-0.4, -0.2) is 49.9 Å². The van der Waals surface area contributed by atoms with Crippen LogP contribution in [0.5, 0.6) is 0 Å². The van der Waals surface area contributed by atoms with E-state index in [0.717, 1.165) is 0 Å². The highest BCUT2D eigenvalue weighted by atomic mass is 16.4. The summed E-state index contributed by atoms with van der Waals surface area (Å²) >= 11 is 0. The summed E-state index contributed by atoms with van der Waals surface area (Å²) in [7, 11) is 0. The highest BCUT2D eigenvalue weighted by Gasteiger charge is 2.35. The normalized spacial score (nSPS) is 27.3. The van der Waals surface area contributed by atoms with Crippen LogP contribution in [0.25, 0.3) is 0 Å². The Morgan fingerprint density at radius 1 is 1.47 bits per heavy atom. The summed E-state index contributed by atoms with van der Waals surface area (Å²) in [6.45, 7) is 1.90. The molecule has 0 atom stereocenters. The van der Waals surface area contributed by atoms with Crippen LogP contribution in [0.4, 0.5) is 0 Å². The Kier molecular flexibility index (Phi) is 4.49. The molecule has 106 valence electrons. The summed E-state index contributed by atoms with van der Waals surface area (Å²) in [5, 5.41) is 30.0. The summed E-state index contributed by atoms with van der Waals surface area (Å²) in [5.41, 5.74) is -0.770. The minimum absolute atomic E-state index is 0.296. The number of hydrogen-bond acceptors (Lipinski definition) is 5. The van der Waals surface area contributed by atoms with Gasteiger partial charge in [-0.25, -0.2) is 0 Å². The minimum atomic E-state index is -0.770. The summed E-state index contributed by atoms with van der Waals surface area (Å²) in [4.78, 5) is 10.8. The van der Waals surface area contributed by atoms with Crippen LogP contribution in [0.15, 0.2) is 12.4 Å². The average Bonchev–Trinajstić information content (AvgIpc) is 2.88. The monoisotopic (exact) mass is 268 g/mol. The summed E-state index contributed by atoms with van der Waals surface area (Å²) in [5.74, 6) is -1.04. The maximum atomic E-state index is 10.8. The van der Waals surface area contributed by atoms with Gasteiger partial charge < -0.3 is 15.5 Å². The van der Waals surface area contributed by atoms with Crippen LogP contribution in [-0.2, 0) is 11.3 Å². The number of carboxylic acid groups (broad SMARTS) is 1. The van der Waals surface area contributed by atoms with Crippen LogP contribution >= 0.6 is 0 Å². The van der Waals surface area contributed by atoms with Gasteiger partial charge in [0, 0.05) is 19.3 Å². The Hall–Kier alpha value is -1.47. The molecule has 1 aromatic heterocycles. The van der Waals surface area contributed by atoms with Crippen LogP contribution in [0.1, 0.15) is 25.7 Å². The third kappa shape index (κ3) is 4.00. The molecule has 19 heavy (non-hydrogen) atoms. The van der Waals surface area contributed by atoms with Gasteiger partial charge in [0.2, 0.25) is 0 Å². The molecule has 7 heteroatoms. The van der Waals surface area contributed by atoms with E-state index in [2.05, 4.69) is 15.6 Å². The topological polar surface area (TPSA) is 100 Å². The fourth-order valence-electron chi connectivity index (χ4n) is 2.45. The third-order valence-corrected chi connectivity index (χ3v) is 3.71. The number of hydrogen-bond donors (Lipinski definition) is 3. The maximum absolute atomic E-state index is 10.8. The second-order valence-corrected chi connectivity index (χ2v) is 5.18. The molecule has 0 spiro atoms. The number of carbonyl (C=O) groups is 1. The molecule has 0 radical (unpaired) electrons. The van der Waals surface area contributed by atoms with Crippen LogP contribution in [0, 0.1) is 5.92 Å². The van der Waals surface area contributed by atoms with E-state index >= 15 is 0 Å². The van der Waals surface area contributed by atoms with Crippen LogP contribution < -0.4 is 5.32 Å². The molecule has 0 unspecified atom stereocenters. The third-order valence-electron chi connectivity index (χ3n) is 3.71. The average molecular weight is 268 g/mol. The first-order valence-corrected chi connectivity index (χ1v) is 6.59. The lowest BCUT2D eigenvalue weighted by Gasteiger charge is -2.34. The zero-order valence-corrected chi connectivity index (χ0v) is 10.8.